The molecule has 5 heteroatoms. The summed E-state index contributed by atoms with van der Waals surface area (Å²) in [5.74, 6) is -2.32. The lowest BCUT2D eigenvalue weighted by molar-refractivity contribution is -0.139. The SMILES string of the molecule is Cn1nccc1CCC(C(=O)O)c1ccccc1F. The van der Waals surface area contributed by atoms with Gasteiger partial charge in [-0.1, -0.05) is 18.2 Å². The molecule has 1 atom stereocenters. The van der Waals surface area contributed by atoms with Crippen LogP contribution in [0.5, 0.6) is 0 Å². The Morgan fingerprint density at radius 2 is 2.16 bits per heavy atom. The molecule has 0 aliphatic carbocycles. The predicted octanol–water partition coefficient (Wildman–Crippen LogP) is 2.36. The van der Waals surface area contributed by atoms with Gasteiger partial charge in [-0.05, 0) is 25.0 Å². The Labute approximate surface area is 110 Å². The van der Waals surface area contributed by atoms with Crippen LogP contribution in [0, 0.1) is 5.82 Å². The van der Waals surface area contributed by atoms with Crippen molar-refractivity contribution in [3.63, 3.8) is 0 Å². The monoisotopic (exact) mass is 262 g/mol. The van der Waals surface area contributed by atoms with Gasteiger partial charge >= 0.3 is 5.97 Å². The molecule has 0 saturated heterocycles. The highest BCUT2D eigenvalue weighted by Gasteiger charge is 2.22. The Kier molecular flexibility index (Phi) is 3.94. The largest absolute Gasteiger partial charge is 0.481 e. The van der Waals surface area contributed by atoms with Gasteiger partial charge in [-0.25, -0.2) is 4.39 Å². The fourth-order valence-electron chi connectivity index (χ4n) is 2.11. The van der Waals surface area contributed by atoms with Crippen molar-refractivity contribution in [2.45, 2.75) is 18.8 Å². The van der Waals surface area contributed by atoms with E-state index in [1.54, 1.807) is 30.1 Å². The van der Waals surface area contributed by atoms with E-state index in [9.17, 15) is 14.3 Å². The van der Waals surface area contributed by atoms with Crippen LogP contribution in [0.4, 0.5) is 4.39 Å². The molecule has 1 aromatic carbocycles. The maximum absolute atomic E-state index is 13.7. The van der Waals surface area contributed by atoms with Crippen molar-refractivity contribution >= 4 is 5.97 Å². The molecule has 19 heavy (non-hydrogen) atoms. The summed E-state index contributed by atoms with van der Waals surface area (Å²) in [5.41, 5.74) is 1.17. The van der Waals surface area contributed by atoms with Crippen LogP contribution >= 0.6 is 0 Å². The minimum atomic E-state index is -1.01. The quantitative estimate of drug-likeness (QED) is 0.900. The number of hydrogen-bond acceptors (Lipinski definition) is 2. The van der Waals surface area contributed by atoms with Gasteiger partial charge in [-0.2, -0.15) is 5.10 Å². The summed E-state index contributed by atoms with van der Waals surface area (Å²) in [7, 11) is 1.80. The lowest BCUT2D eigenvalue weighted by atomic mass is 9.93. The van der Waals surface area contributed by atoms with Crippen molar-refractivity contribution in [1.29, 1.82) is 0 Å². The highest BCUT2D eigenvalue weighted by atomic mass is 19.1. The zero-order valence-corrected chi connectivity index (χ0v) is 10.6. The molecule has 0 bridgehead atoms. The predicted molar refractivity (Wildman–Crippen MR) is 68.3 cm³/mol. The van der Waals surface area contributed by atoms with E-state index in [0.717, 1.165) is 5.69 Å². The van der Waals surface area contributed by atoms with Gasteiger partial charge in [-0.3, -0.25) is 9.48 Å². The molecule has 1 N–H and O–H groups in total. The van der Waals surface area contributed by atoms with E-state index in [2.05, 4.69) is 5.10 Å². The average molecular weight is 262 g/mol. The van der Waals surface area contributed by atoms with Gasteiger partial charge in [0.05, 0.1) is 5.92 Å². The Morgan fingerprint density at radius 1 is 1.42 bits per heavy atom. The van der Waals surface area contributed by atoms with E-state index in [4.69, 9.17) is 0 Å². The molecular weight excluding hydrogens is 247 g/mol. The number of carboxylic acid groups (broad SMARTS) is 1. The van der Waals surface area contributed by atoms with E-state index in [1.807, 2.05) is 6.07 Å². The van der Waals surface area contributed by atoms with Gasteiger partial charge in [0.1, 0.15) is 5.82 Å². The molecule has 2 aromatic rings. The highest BCUT2D eigenvalue weighted by Crippen LogP contribution is 2.24. The van der Waals surface area contributed by atoms with E-state index in [-0.39, 0.29) is 5.56 Å². The van der Waals surface area contributed by atoms with E-state index < -0.39 is 17.7 Å². The Balaban J connectivity index is 2.16. The summed E-state index contributed by atoms with van der Waals surface area (Å²) >= 11 is 0. The molecule has 1 aromatic heterocycles. The Morgan fingerprint density at radius 3 is 2.74 bits per heavy atom. The summed E-state index contributed by atoms with van der Waals surface area (Å²) < 4.78 is 15.4. The molecule has 0 amide bonds. The number of aromatic nitrogens is 2. The van der Waals surface area contributed by atoms with Gasteiger partial charge in [0.25, 0.3) is 0 Å². The van der Waals surface area contributed by atoms with E-state index in [0.29, 0.717) is 12.8 Å². The molecule has 1 heterocycles. The second kappa shape index (κ2) is 5.65. The van der Waals surface area contributed by atoms with Crippen LogP contribution in [0.15, 0.2) is 36.5 Å². The molecule has 0 saturated carbocycles. The summed E-state index contributed by atoms with van der Waals surface area (Å²) in [4.78, 5) is 11.3. The van der Waals surface area contributed by atoms with Crippen LogP contribution in [0.1, 0.15) is 23.6 Å². The number of aliphatic carboxylic acids is 1. The summed E-state index contributed by atoms with van der Waals surface area (Å²) in [6.07, 6.45) is 2.55. The standard InChI is InChI=1S/C14H15FN2O2/c1-17-10(8-9-16-17)6-7-12(14(18)19)11-4-2-3-5-13(11)15/h2-5,8-9,12H,6-7H2,1H3,(H,18,19). The summed E-state index contributed by atoms with van der Waals surface area (Å²) in [5, 5.41) is 13.3. The molecular formula is C14H15FN2O2. The lowest BCUT2D eigenvalue weighted by Crippen LogP contribution is -2.15. The molecule has 0 fully saturated rings. The molecule has 4 nitrogen and oxygen atoms in total. The van der Waals surface area contributed by atoms with Gasteiger partial charge in [0, 0.05) is 24.5 Å². The first kappa shape index (κ1) is 13.3. The molecule has 100 valence electrons. The normalized spacial score (nSPS) is 12.3. The van der Waals surface area contributed by atoms with Crippen molar-refractivity contribution in [3.05, 3.63) is 53.6 Å². The number of aryl methyl sites for hydroxylation is 2. The zero-order chi connectivity index (χ0) is 13.8. The van der Waals surface area contributed by atoms with Crippen LogP contribution in [-0.2, 0) is 18.3 Å². The second-order valence-corrected chi connectivity index (χ2v) is 4.40. The Bertz CT molecular complexity index is 580. The highest BCUT2D eigenvalue weighted by molar-refractivity contribution is 5.76. The first-order valence-electron chi connectivity index (χ1n) is 6.03. The first-order valence-corrected chi connectivity index (χ1v) is 6.03. The lowest BCUT2D eigenvalue weighted by Gasteiger charge is -2.13. The van der Waals surface area contributed by atoms with Crippen LogP contribution in [0.2, 0.25) is 0 Å². The van der Waals surface area contributed by atoms with Gasteiger partial charge in [0.2, 0.25) is 0 Å². The van der Waals surface area contributed by atoms with Gasteiger partial charge < -0.3 is 5.11 Å². The third-order valence-corrected chi connectivity index (χ3v) is 3.19. The molecule has 0 radical (unpaired) electrons. The summed E-state index contributed by atoms with van der Waals surface area (Å²) in [6, 6.07) is 7.85. The zero-order valence-electron chi connectivity index (χ0n) is 10.6. The number of carboxylic acids is 1. The van der Waals surface area contributed by atoms with Crippen molar-refractivity contribution in [2.24, 2.45) is 7.05 Å². The van der Waals surface area contributed by atoms with Crippen LogP contribution in [0.3, 0.4) is 0 Å². The molecule has 2 rings (SSSR count). The maximum Gasteiger partial charge on any atom is 0.311 e. The van der Waals surface area contributed by atoms with Gasteiger partial charge in [0.15, 0.2) is 0 Å². The van der Waals surface area contributed by atoms with Crippen molar-refractivity contribution in [3.8, 4) is 0 Å². The third kappa shape index (κ3) is 2.99. The minimum absolute atomic E-state index is 0.233. The molecule has 0 spiro atoms. The topological polar surface area (TPSA) is 55.1 Å². The number of rotatable bonds is 5. The Hall–Kier alpha value is -2.17. The fraction of sp³-hybridized carbons (Fsp3) is 0.286. The van der Waals surface area contributed by atoms with Crippen molar-refractivity contribution < 1.29 is 14.3 Å². The summed E-state index contributed by atoms with van der Waals surface area (Å²) in [6.45, 7) is 0. The molecule has 0 aliphatic rings. The number of carbonyl (C=O) groups is 1. The van der Waals surface area contributed by atoms with Crippen LogP contribution < -0.4 is 0 Å². The third-order valence-electron chi connectivity index (χ3n) is 3.19. The van der Waals surface area contributed by atoms with E-state index in [1.165, 1.54) is 12.1 Å². The fourth-order valence-corrected chi connectivity index (χ4v) is 2.11. The molecule has 1 unspecified atom stereocenters. The number of benzene rings is 1. The minimum Gasteiger partial charge on any atom is -0.481 e. The van der Waals surface area contributed by atoms with Crippen molar-refractivity contribution in [2.75, 3.05) is 0 Å². The van der Waals surface area contributed by atoms with Crippen LogP contribution in [0.25, 0.3) is 0 Å². The second-order valence-electron chi connectivity index (χ2n) is 4.40. The van der Waals surface area contributed by atoms with Crippen molar-refractivity contribution in [1.82, 2.24) is 9.78 Å². The number of halogens is 1. The first-order chi connectivity index (χ1) is 9.09. The number of nitrogens with zero attached hydrogens (tertiary/aromatic N) is 2. The molecule has 0 aliphatic heterocycles. The van der Waals surface area contributed by atoms with E-state index >= 15 is 0 Å². The van der Waals surface area contributed by atoms with Crippen LogP contribution in [-0.4, -0.2) is 20.9 Å². The maximum atomic E-state index is 13.7. The average Bonchev–Trinajstić information content (AvgIpc) is 2.77. The van der Waals surface area contributed by atoms with Gasteiger partial charge in [-0.15, -0.1) is 0 Å². The smallest absolute Gasteiger partial charge is 0.311 e. The number of hydrogen-bond donors (Lipinski definition) is 1.